The minimum atomic E-state index is -0.00464. The summed E-state index contributed by atoms with van der Waals surface area (Å²) in [5, 5.41) is 11.7. The maximum atomic E-state index is 13.2. The first-order valence-corrected chi connectivity index (χ1v) is 9.87. The second kappa shape index (κ2) is 6.02. The van der Waals surface area contributed by atoms with E-state index in [4.69, 9.17) is 0 Å². The molecule has 1 aliphatic carbocycles. The van der Waals surface area contributed by atoms with E-state index in [9.17, 15) is 4.79 Å². The Hall–Kier alpha value is -2.53. The van der Waals surface area contributed by atoms with Crippen LogP contribution in [0.15, 0.2) is 47.3 Å². The van der Waals surface area contributed by atoms with E-state index in [1.54, 1.807) is 11.3 Å². The number of aryl methyl sites for hydroxylation is 1. The van der Waals surface area contributed by atoms with Crippen LogP contribution in [0.1, 0.15) is 29.3 Å². The number of hydrogen-bond acceptors (Lipinski definition) is 4. The topological polar surface area (TPSA) is 47.8 Å². The van der Waals surface area contributed by atoms with Crippen LogP contribution in [0.5, 0.6) is 0 Å². The number of hydrogen-bond donors (Lipinski definition) is 0. The molecular formula is C21H19N3OS. The van der Waals surface area contributed by atoms with E-state index in [1.165, 1.54) is 20.5 Å². The van der Waals surface area contributed by atoms with Crippen LogP contribution >= 0.6 is 11.3 Å². The lowest BCUT2D eigenvalue weighted by atomic mass is 9.89. The van der Waals surface area contributed by atoms with Crippen LogP contribution in [0.3, 0.4) is 0 Å². The van der Waals surface area contributed by atoms with Crippen molar-refractivity contribution in [1.82, 2.24) is 15.0 Å². The molecule has 0 N–H and O–H groups in total. The van der Waals surface area contributed by atoms with Crippen LogP contribution in [0.25, 0.3) is 21.0 Å². The van der Waals surface area contributed by atoms with E-state index in [-0.39, 0.29) is 5.56 Å². The quantitative estimate of drug-likeness (QED) is 0.538. The fraction of sp³-hybridized carbons (Fsp3) is 0.286. The van der Waals surface area contributed by atoms with Crippen LogP contribution in [0, 0.1) is 5.92 Å². The number of nitrogens with zero attached hydrogens (tertiary/aromatic N) is 3. The van der Waals surface area contributed by atoms with Crippen molar-refractivity contribution >= 4 is 32.3 Å². The molecule has 1 aliphatic rings. The van der Waals surface area contributed by atoms with Crippen LogP contribution in [0.2, 0.25) is 0 Å². The first kappa shape index (κ1) is 15.7. The van der Waals surface area contributed by atoms with Crippen LogP contribution < -0.4 is 5.56 Å². The summed E-state index contributed by atoms with van der Waals surface area (Å²) in [6.07, 6.45) is 3.18. The molecule has 26 heavy (non-hydrogen) atoms. The summed E-state index contributed by atoms with van der Waals surface area (Å²) in [7, 11) is 0. The van der Waals surface area contributed by atoms with E-state index in [0.29, 0.717) is 12.5 Å². The molecule has 5 rings (SSSR count). The Labute approximate surface area is 155 Å². The summed E-state index contributed by atoms with van der Waals surface area (Å²) in [5.74, 6) is 0.682. The highest BCUT2D eigenvalue weighted by Crippen LogP contribution is 2.35. The second-order valence-corrected chi connectivity index (χ2v) is 8.31. The van der Waals surface area contributed by atoms with E-state index in [1.807, 2.05) is 18.2 Å². The zero-order valence-corrected chi connectivity index (χ0v) is 15.4. The van der Waals surface area contributed by atoms with Gasteiger partial charge >= 0.3 is 0 Å². The van der Waals surface area contributed by atoms with Gasteiger partial charge in [-0.1, -0.05) is 54.6 Å². The Balaban J connectivity index is 1.64. The lowest BCUT2D eigenvalue weighted by Gasteiger charge is -2.17. The molecule has 0 radical (unpaired) electrons. The lowest BCUT2D eigenvalue weighted by molar-refractivity contribution is 0.508. The average molecular weight is 361 g/mol. The van der Waals surface area contributed by atoms with Crippen LogP contribution in [-0.2, 0) is 19.4 Å². The van der Waals surface area contributed by atoms with E-state index < -0.39 is 0 Å². The molecule has 0 bridgehead atoms. The highest BCUT2D eigenvalue weighted by atomic mass is 32.1. The molecule has 130 valence electrons. The average Bonchev–Trinajstić information content (AvgIpc) is 3.02. The maximum Gasteiger partial charge on any atom is 0.279 e. The van der Waals surface area contributed by atoms with E-state index in [2.05, 4.69) is 41.5 Å². The van der Waals surface area contributed by atoms with Crippen molar-refractivity contribution < 1.29 is 0 Å². The van der Waals surface area contributed by atoms with Crippen molar-refractivity contribution in [1.29, 1.82) is 0 Å². The molecule has 4 aromatic rings. The Bertz CT molecular complexity index is 1190. The van der Waals surface area contributed by atoms with Crippen molar-refractivity contribution in [2.75, 3.05) is 0 Å². The molecule has 2 aromatic carbocycles. The molecule has 0 aliphatic heterocycles. The molecule has 0 fully saturated rings. The largest absolute Gasteiger partial charge is 0.279 e. The zero-order chi connectivity index (χ0) is 17.7. The predicted octanol–water partition coefficient (Wildman–Crippen LogP) is 4.18. The minimum absolute atomic E-state index is 0.00464. The number of thiophene rings is 1. The molecule has 2 aromatic heterocycles. The van der Waals surface area contributed by atoms with Gasteiger partial charge in [0.25, 0.3) is 5.56 Å². The van der Waals surface area contributed by atoms with Crippen molar-refractivity contribution in [2.45, 2.75) is 32.7 Å². The Morgan fingerprint density at radius 1 is 1.19 bits per heavy atom. The number of aromatic nitrogens is 3. The smallest absolute Gasteiger partial charge is 0.267 e. The van der Waals surface area contributed by atoms with Crippen molar-refractivity contribution in [3.05, 3.63) is 68.8 Å². The number of fused-ring (bicyclic) bond motifs is 4. The highest BCUT2D eigenvalue weighted by Gasteiger charge is 2.23. The van der Waals surface area contributed by atoms with Gasteiger partial charge in [0.1, 0.15) is 0 Å². The minimum Gasteiger partial charge on any atom is -0.267 e. The summed E-state index contributed by atoms with van der Waals surface area (Å²) >= 11 is 1.65. The number of rotatable bonds is 2. The molecule has 4 nitrogen and oxygen atoms in total. The SMILES string of the molecule is CC1CCc2c(sc3nnn(Cc4cccc5ccccc45)c(=O)c23)C1. The Morgan fingerprint density at radius 2 is 2.04 bits per heavy atom. The predicted molar refractivity (Wildman–Crippen MR) is 106 cm³/mol. The van der Waals surface area contributed by atoms with Gasteiger partial charge in [0.05, 0.1) is 11.9 Å². The molecule has 0 amide bonds. The summed E-state index contributed by atoms with van der Waals surface area (Å²) in [6, 6.07) is 14.4. The fourth-order valence-corrected chi connectivity index (χ4v) is 5.31. The monoisotopic (exact) mass is 361 g/mol. The summed E-state index contributed by atoms with van der Waals surface area (Å²) in [6.45, 7) is 2.72. The molecule has 0 saturated heterocycles. The molecular weight excluding hydrogens is 342 g/mol. The standard InChI is InChI=1S/C21H19N3OS/c1-13-9-10-17-18(11-13)26-20-19(17)21(25)24(23-22-20)12-15-7-4-6-14-5-2-3-8-16(14)15/h2-8,13H,9-12H2,1H3. The second-order valence-electron chi connectivity index (χ2n) is 7.22. The summed E-state index contributed by atoms with van der Waals surface area (Å²) < 4.78 is 1.52. The van der Waals surface area contributed by atoms with Gasteiger partial charge in [-0.3, -0.25) is 4.79 Å². The van der Waals surface area contributed by atoms with Crippen LogP contribution in [-0.4, -0.2) is 15.0 Å². The summed E-state index contributed by atoms with van der Waals surface area (Å²) in [4.78, 5) is 15.3. The fourth-order valence-electron chi connectivity index (χ4n) is 3.99. The Kier molecular flexibility index (Phi) is 3.64. The van der Waals surface area contributed by atoms with Gasteiger partial charge < -0.3 is 0 Å². The van der Waals surface area contributed by atoms with Crippen molar-refractivity contribution in [3.8, 4) is 0 Å². The van der Waals surface area contributed by atoms with Gasteiger partial charge in [-0.05, 0) is 47.1 Å². The summed E-state index contributed by atoms with van der Waals surface area (Å²) in [5.41, 5.74) is 2.31. The van der Waals surface area contributed by atoms with Crippen molar-refractivity contribution in [2.24, 2.45) is 5.92 Å². The first-order valence-electron chi connectivity index (χ1n) is 9.05. The molecule has 0 spiro atoms. The van der Waals surface area contributed by atoms with Gasteiger partial charge in [0, 0.05) is 4.88 Å². The molecule has 2 heterocycles. The van der Waals surface area contributed by atoms with Crippen molar-refractivity contribution in [3.63, 3.8) is 0 Å². The third-order valence-corrected chi connectivity index (χ3v) is 6.52. The lowest BCUT2D eigenvalue weighted by Crippen LogP contribution is -2.25. The normalized spacial score (nSPS) is 16.9. The van der Waals surface area contributed by atoms with Gasteiger partial charge in [-0.2, -0.15) is 0 Å². The van der Waals surface area contributed by atoms with E-state index in [0.717, 1.165) is 40.4 Å². The zero-order valence-electron chi connectivity index (χ0n) is 14.6. The van der Waals surface area contributed by atoms with Gasteiger partial charge in [0.15, 0.2) is 4.83 Å². The molecule has 0 saturated carbocycles. The maximum absolute atomic E-state index is 13.2. The third-order valence-electron chi connectivity index (χ3n) is 5.38. The van der Waals surface area contributed by atoms with Gasteiger partial charge in [-0.15, -0.1) is 16.4 Å². The molecule has 1 unspecified atom stereocenters. The van der Waals surface area contributed by atoms with Gasteiger partial charge in [0.2, 0.25) is 0 Å². The Morgan fingerprint density at radius 3 is 2.96 bits per heavy atom. The first-order chi connectivity index (χ1) is 12.7. The molecule has 5 heteroatoms. The number of benzene rings is 2. The highest BCUT2D eigenvalue weighted by molar-refractivity contribution is 7.18. The molecule has 1 atom stereocenters. The van der Waals surface area contributed by atoms with E-state index >= 15 is 0 Å². The van der Waals surface area contributed by atoms with Crippen LogP contribution in [0.4, 0.5) is 0 Å². The third kappa shape index (κ3) is 2.46. The van der Waals surface area contributed by atoms with Gasteiger partial charge in [-0.25, -0.2) is 4.68 Å².